The van der Waals surface area contributed by atoms with E-state index in [1.807, 2.05) is 66.7 Å². The lowest BCUT2D eigenvalue weighted by atomic mass is 10.0. The average molecular weight is 927 g/mol. The number of carbonyl (C=O) groups is 2. The van der Waals surface area contributed by atoms with Crippen LogP contribution in [-0.4, -0.2) is 112 Å². The Morgan fingerprint density at radius 1 is 0.565 bits per heavy atom. The number of ether oxygens (including phenoxy) is 2. The maximum absolute atomic E-state index is 12.0. The number of fused-ring (bicyclic) bond motifs is 2. The molecule has 4 heterocycles. The SMILES string of the molecule is O=C1CCc2ccc(OCCCCN3CCN(c4cccc(Cl)c4Cl)CC3)cc2N1.O=C1CCc2ccc(OCCCCN3CCN(c4cccc(Cl)c4Cl)CC3)cc2N1CO. The van der Waals surface area contributed by atoms with Gasteiger partial charge in [-0.3, -0.25) is 24.3 Å². The van der Waals surface area contributed by atoms with Gasteiger partial charge < -0.3 is 29.7 Å². The fraction of sp³-hybridized carbons (Fsp3) is 0.447. The van der Waals surface area contributed by atoms with Crippen molar-refractivity contribution in [1.82, 2.24) is 9.80 Å². The first-order chi connectivity index (χ1) is 30.2. The van der Waals surface area contributed by atoms with E-state index >= 15 is 0 Å². The van der Waals surface area contributed by atoms with Crippen molar-refractivity contribution in [2.45, 2.75) is 51.4 Å². The van der Waals surface area contributed by atoms with Crippen molar-refractivity contribution in [3.8, 4) is 11.5 Å². The zero-order valence-electron chi connectivity index (χ0n) is 35.1. The number of benzene rings is 4. The first-order valence-electron chi connectivity index (χ1n) is 21.7. The molecular weight excluding hydrogens is 870 g/mol. The standard InChI is InChI=1S/C24H29Cl2N3O3.C23H27Cl2N3O2/c25-20-4-3-5-21(24(20)26)28-13-11-27(12-14-28)10-1-2-15-32-19-8-6-18-7-9-23(31)29(17-30)22(18)16-19;24-19-4-3-5-21(23(19)25)28-13-11-27(12-14-28)10-1-2-15-30-18-8-6-17-7-9-22(29)26-20(17)16-18/h3-6,8,16,30H,1-2,7,9-15,17H2;3-6,8,16H,1-2,7,9-15H2,(H,26,29). The first kappa shape index (κ1) is 46.1. The largest absolute Gasteiger partial charge is 0.494 e. The fourth-order valence-corrected chi connectivity index (χ4v) is 9.19. The van der Waals surface area contributed by atoms with Crippen LogP contribution in [0.2, 0.25) is 20.1 Å². The Bertz CT molecular complexity index is 2150. The van der Waals surface area contributed by atoms with Crippen LogP contribution in [0.15, 0.2) is 72.8 Å². The highest BCUT2D eigenvalue weighted by atomic mass is 35.5. The van der Waals surface area contributed by atoms with Gasteiger partial charge in [-0.2, -0.15) is 0 Å². The third kappa shape index (κ3) is 12.2. The smallest absolute Gasteiger partial charge is 0.229 e. The number of halogens is 4. The zero-order chi connectivity index (χ0) is 43.4. The molecule has 11 nitrogen and oxygen atoms in total. The lowest BCUT2D eigenvalue weighted by molar-refractivity contribution is -0.119. The van der Waals surface area contributed by atoms with Crippen LogP contribution in [0.4, 0.5) is 22.7 Å². The maximum Gasteiger partial charge on any atom is 0.229 e. The molecule has 0 radical (unpaired) electrons. The molecule has 0 bridgehead atoms. The lowest BCUT2D eigenvalue weighted by Crippen LogP contribution is -2.46. The Hall–Kier alpha value is -3.94. The Balaban J connectivity index is 0.000000187. The van der Waals surface area contributed by atoms with Crippen LogP contribution in [-0.2, 0) is 22.4 Å². The topological polar surface area (TPSA) is 101 Å². The molecule has 0 saturated carbocycles. The number of anilines is 4. The van der Waals surface area contributed by atoms with E-state index in [0.717, 1.165) is 137 Å². The molecule has 0 unspecified atom stereocenters. The molecule has 0 atom stereocenters. The van der Waals surface area contributed by atoms with E-state index in [2.05, 4.69) is 31.0 Å². The molecule has 0 spiro atoms. The number of aryl methyl sites for hydroxylation is 2. The molecule has 62 heavy (non-hydrogen) atoms. The Labute approximate surface area is 385 Å². The van der Waals surface area contributed by atoms with Gasteiger partial charge in [-0.15, -0.1) is 0 Å². The molecule has 15 heteroatoms. The second-order valence-corrected chi connectivity index (χ2v) is 17.6. The van der Waals surface area contributed by atoms with E-state index in [0.29, 0.717) is 52.6 Å². The second-order valence-electron chi connectivity index (χ2n) is 16.0. The number of carbonyl (C=O) groups excluding carboxylic acids is 2. The number of hydrogen-bond donors (Lipinski definition) is 2. The summed E-state index contributed by atoms with van der Waals surface area (Å²) in [7, 11) is 0. The van der Waals surface area contributed by atoms with Crippen molar-refractivity contribution in [2.24, 2.45) is 0 Å². The second kappa shape index (κ2) is 22.6. The molecule has 332 valence electrons. The highest BCUT2D eigenvalue weighted by molar-refractivity contribution is 6.44. The summed E-state index contributed by atoms with van der Waals surface area (Å²) < 4.78 is 11.8. The van der Waals surface area contributed by atoms with Gasteiger partial charge >= 0.3 is 0 Å². The fourth-order valence-electron chi connectivity index (χ4n) is 8.36. The Kier molecular flexibility index (Phi) is 16.8. The molecular formula is C47H56Cl4N6O5. The average Bonchev–Trinajstić information content (AvgIpc) is 3.28. The van der Waals surface area contributed by atoms with Crippen molar-refractivity contribution in [3.05, 3.63) is 104 Å². The van der Waals surface area contributed by atoms with Crippen LogP contribution < -0.4 is 29.5 Å². The van der Waals surface area contributed by atoms with Gasteiger partial charge in [0.05, 0.1) is 50.4 Å². The molecule has 4 aromatic rings. The van der Waals surface area contributed by atoms with Gasteiger partial charge in [0.2, 0.25) is 11.8 Å². The third-order valence-electron chi connectivity index (χ3n) is 11.9. The van der Waals surface area contributed by atoms with Crippen molar-refractivity contribution < 1.29 is 24.2 Å². The summed E-state index contributed by atoms with van der Waals surface area (Å²) in [6, 6.07) is 23.4. The summed E-state index contributed by atoms with van der Waals surface area (Å²) in [6.07, 6.45) is 6.63. The van der Waals surface area contributed by atoms with Gasteiger partial charge in [0, 0.05) is 83.0 Å². The van der Waals surface area contributed by atoms with Crippen LogP contribution >= 0.6 is 46.4 Å². The van der Waals surface area contributed by atoms with E-state index in [1.165, 1.54) is 10.5 Å². The first-order valence-corrected chi connectivity index (χ1v) is 23.2. The maximum atomic E-state index is 12.0. The van der Waals surface area contributed by atoms with E-state index in [4.69, 9.17) is 55.9 Å². The molecule has 8 rings (SSSR count). The molecule has 2 saturated heterocycles. The number of rotatable bonds is 15. The van der Waals surface area contributed by atoms with Crippen LogP contribution in [0.25, 0.3) is 0 Å². The summed E-state index contributed by atoms with van der Waals surface area (Å²) in [5.74, 6) is 1.60. The van der Waals surface area contributed by atoms with E-state index in [1.54, 1.807) is 0 Å². The summed E-state index contributed by atoms with van der Waals surface area (Å²) in [6.45, 7) is 11.0. The van der Waals surface area contributed by atoms with Gasteiger partial charge in [-0.05, 0) is 99.1 Å². The monoisotopic (exact) mass is 924 g/mol. The van der Waals surface area contributed by atoms with Crippen molar-refractivity contribution in [2.75, 3.05) is 105 Å². The number of amides is 2. The Morgan fingerprint density at radius 2 is 1.08 bits per heavy atom. The molecule has 4 aromatic carbocycles. The minimum atomic E-state index is -0.300. The number of unbranched alkanes of at least 4 members (excludes halogenated alkanes) is 2. The summed E-state index contributed by atoms with van der Waals surface area (Å²) in [5, 5.41) is 14.9. The number of nitrogens with one attached hydrogen (secondary N) is 1. The van der Waals surface area contributed by atoms with E-state index < -0.39 is 0 Å². The number of piperazine rings is 2. The van der Waals surface area contributed by atoms with E-state index in [-0.39, 0.29) is 18.5 Å². The number of hydrogen-bond acceptors (Lipinski definition) is 9. The van der Waals surface area contributed by atoms with Gasteiger partial charge in [-0.25, -0.2) is 0 Å². The van der Waals surface area contributed by atoms with Crippen molar-refractivity contribution >= 4 is 81.0 Å². The number of aliphatic hydroxyl groups excluding tert-OH is 1. The minimum absolute atomic E-state index is 0.0464. The lowest BCUT2D eigenvalue weighted by Gasteiger charge is -2.36. The molecule has 4 aliphatic rings. The minimum Gasteiger partial charge on any atom is -0.494 e. The normalized spacial score (nSPS) is 16.9. The molecule has 4 aliphatic heterocycles. The van der Waals surface area contributed by atoms with Gasteiger partial charge in [0.15, 0.2) is 0 Å². The van der Waals surface area contributed by atoms with Gasteiger partial charge in [-0.1, -0.05) is 70.7 Å². The summed E-state index contributed by atoms with van der Waals surface area (Å²) >= 11 is 25.0. The summed E-state index contributed by atoms with van der Waals surface area (Å²) in [4.78, 5) is 34.5. The third-order valence-corrected chi connectivity index (χ3v) is 13.6. The molecule has 2 amide bonds. The molecule has 2 N–H and O–H groups in total. The van der Waals surface area contributed by atoms with Crippen molar-refractivity contribution in [3.63, 3.8) is 0 Å². The molecule has 2 fully saturated rings. The van der Waals surface area contributed by atoms with Crippen molar-refractivity contribution in [1.29, 1.82) is 0 Å². The molecule has 0 aromatic heterocycles. The zero-order valence-corrected chi connectivity index (χ0v) is 38.1. The highest BCUT2D eigenvalue weighted by Gasteiger charge is 2.25. The van der Waals surface area contributed by atoms with E-state index in [9.17, 15) is 14.7 Å². The summed E-state index contributed by atoms with van der Waals surface area (Å²) in [5.41, 5.74) is 5.95. The van der Waals surface area contributed by atoms with Gasteiger partial charge in [0.25, 0.3) is 0 Å². The van der Waals surface area contributed by atoms with Crippen LogP contribution in [0.1, 0.15) is 49.7 Å². The quantitative estimate of drug-likeness (QED) is 0.113. The van der Waals surface area contributed by atoms with Crippen LogP contribution in [0.5, 0.6) is 11.5 Å². The van der Waals surface area contributed by atoms with Crippen LogP contribution in [0, 0.1) is 0 Å². The van der Waals surface area contributed by atoms with Gasteiger partial charge in [0.1, 0.15) is 18.2 Å². The number of nitrogens with zero attached hydrogens (tertiary/aromatic N) is 5. The predicted molar refractivity (Wildman–Crippen MR) is 252 cm³/mol. The Morgan fingerprint density at radius 3 is 1.63 bits per heavy atom. The number of aliphatic hydroxyl groups is 1. The highest BCUT2D eigenvalue weighted by Crippen LogP contribution is 2.35. The van der Waals surface area contributed by atoms with Crippen LogP contribution in [0.3, 0.4) is 0 Å². The molecule has 0 aliphatic carbocycles. The predicted octanol–water partition coefficient (Wildman–Crippen LogP) is 9.06.